The Labute approximate surface area is 139 Å². The van der Waals surface area contributed by atoms with E-state index >= 15 is 0 Å². The van der Waals surface area contributed by atoms with Gasteiger partial charge in [0.1, 0.15) is 22.1 Å². The van der Waals surface area contributed by atoms with Crippen molar-refractivity contribution >= 4 is 15.7 Å². The number of ether oxygens (including phenoxy) is 2. The van der Waals surface area contributed by atoms with Crippen LogP contribution in [0.5, 0.6) is 17.2 Å². The van der Waals surface area contributed by atoms with E-state index in [9.17, 15) is 18.5 Å². The highest BCUT2D eigenvalue weighted by molar-refractivity contribution is 7.89. The average molecular weight is 352 g/mol. The topological polar surface area (TPSA) is 122 Å². The zero-order valence-corrected chi connectivity index (χ0v) is 13.7. The predicted molar refractivity (Wildman–Crippen MR) is 86.8 cm³/mol. The van der Waals surface area contributed by atoms with Crippen LogP contribution in [-0.2, 0) is 10.0 Å². The molecule has 0 aliphatic heterocycles. The largest absolute Gasteiger partial charge is 0.494 e. The molecule has 128 valence electrons. The summed E-state index contributed by atoms with van der Waals surface area (Å²) in [6, 6.07) is 9.74. The second-order valence-corrected chi connectivity index (χ2v) is 6.38. The first-order valence-corrected chi connectivity index (χ1v) is 8.58. The van der Waals surface area contributed by atoms with Crippen LogP contribution in [-0.4, -0.2) is 19.9 Å². The molecular formula is C15H16N2O6S. The number of nitro groups is 1. The minimum atomic E-state index is -4.18. The van der Waals surface area contributed by atoms with Gasteiger partial charge in [0.15, 0.2) is 0 Å². The Morgan fingerprint density at radius 1 is 1.12 bits per heavy atom. The van der Waals surface area contributed by atoms with Gasteiger partial charge in [-0.1, -0.05) is 6.92 Å². The van der Waals surface area contributed by atoms with Crippen LogP contribution in [0.25, 0.3) is 0 Å². The van der Waals surface area contributed by atoms with Gasteiger partial charge < -0.3 is 9.47 Å². The number of rotatable bonds is 7. The van der Waals surface area contributed by atoms with Crippen molar-refractivity contribution in [3.63, 3.8) is 0 Å². The Morgan fingerprint density at radius 3 is 2.29 bits per heavy atom. The molecule has 24 heavy (non-hydrogen) atoms. The molecule has 0 heterocycles. The molecule has 0 unspecified atom stereocenters. The van der Waals surface area contributed by atoms with Crippen LogP contribution in [0.15, 0.2) is 47.4 Å². The lowest BCUT2D eigenvalue weighted by Crippen LogP contribution is -2.13. The Kier molecular flexibility index (Phi) is 5.37. The van der Waals surface area contributed by atoms with Crippen molar-refractivity contribution in [2.24, 2.45) is 5.14 Å². The molecule has 0 aromatic heterocycles. The highest BCUT2D eigenvalue weighted by Crippen LogP contribution is 2.32. The number of nitrogens with two attached hydrogens (primary N) is 1. The standard InChI is InChI=1S/C15H16N2O6S/c1-2-9-22-12-4-6-13(7-5-12)23-14-8-3-11(17(18)19)10-15(14)24(16,20)21/h3-8,10H,2,9H2,1H3,(H2,16,20,21). The van der Waals surface area contributed by atoms with E-state index in [1.54, 1.807) is 24.3 Å². The van der Waals surface area contributed by atoms with Gasteiger partial charge >= 0.3 is 0 Å². The second-order valence-electron chi connectivity index (χ2n) is 4.86. The fourth-order valence-corrected chi connectivity index (χ4v) is 2.54. The minimum absolute atomic E-state index is 0.0923. The van der Waals surface area contributed by atoms with Gasteiger partial charge in [0.05, 0.1) is 11.5 Å². The molecule has 0 atom stereocenters. The molecule has 2 N–H and O–H groups in total. The van der Waals surface area contributed by atoms with Crippen LogP contribution in [0.4, 0.5) is 5.69 Å². The Hall–Kier alpha value is -2.65. The van der Waals surface area contributed by atoms with E-state index in [1.807, 2.05) is 6.92 Å². The van der Waals surface area contributed by atoms with Gasteiger partial charge in [0, 0.05) is 12.1 Å². The van der Waals surface area contributed by atoms with Gasteiger partial charge in [-0.05, 0) is 36.8 Å². The van der Waals surface area contributed by atoms with Crippen LogP contribution in [0.2, 0.25) is 0 Å². The highest BCUT2D eigenvalue weighted by atomic mass is 32.2. The lowest BCUT2D eigenvalue weighted by atomic mass is 10.3. The molecule has 0 saturated carbocycles. The van der Waals surface area contributed by atoms with Crippen molar-refractivity contribution in [2.45, 2.75) is 18.2 Å². The smallest absolute Gasteiger partial charge is 0.271 e. The maximum atomic E-state index is 11.6. The summed E-state index contributed by atoms with van der Waals surface area (Å²) in [5.74, 6) is 0.905. The van der Waals surface area contributed by atoms with Gasteiger partial charge in [0.25, 0.3) is 5.69 Å². The van der Waals surface area contributed by atoms with Crippen LogP contribution in [0.3, 0.4) is 0 Å². The minimum Gasteiger partial charge on any atom is -0.494 e. The lowest BCUT2D eigenvalue weighted by molar-refractivity contribution is -0.385. The van der Waals surface area contributed by atoms with Crippen LogP contribution >= 0.6 is 0 Å². The summed E-state index contributed by atoms with van der Waals surface area (Å²) in [5, 5.41) is 15.9. The van der Waals surface area contributed by atoms with Crippen LogP contribution in [0, 0.1) is 10.1 Å². The monoisotopic (exact) mass is 352 g/mol. The first kappa shape index (κ1) is 17.7. The maximum Gasteiger partial charge on any atom is 0.271 e. The summed E-state index contributed by atoms with van der Waals surface area (Å²) < 4.78 is 34.2. The number of hydrogen-bond donors (Lipinski definition) is 1. The lowest BCUT2D eigenvalue weighted by Gasteiger charge is -2.10. The third-order valence-electron chi connectivity index (χ3n) is 2.97. The fraction of sp³-hybridized carbons (Fsp3) is 0.200. The summed E-state index contributed by atoms with van der Waals surface area (Å²) in [6.07, 6.45) is 0.874. The highest BCUT2D eigenvalue weighted by Gasteiger charge is 2.20. The first-order valence-electron chi connectivity index (χ1n) is 7.03. The predicted octanol–water partition coefficient (Wildman–Crippen LogP) is 2.82. The fourth-order valence-electron chi connectivity index (χ4n) is 1.87. The Morgan fingerprint density at radius 2 is 1.75 bits per heavy atom. The van der Waals surface area contributed by atoms with Gasteiger partial charge in [-0.25, -0.2) is 13.6 Å². The Bertz CT molecular complexity index is 834. The number of sulfonamides is 1. The number of primary sulfonamides is 1. The SMILES string of the molecule is CCCOc1ccc(Oc2ccc([N+](=O)[O-])cc2S(N)(=O)=O)cc1. The van der Waals surface area contributed by atoms with Crippen molar-refractivity contribution in [1.82, 2.24) is 0 Å². The summed E-state index contributed by atoms with van der Waals surface area (Å²) in [5.41, 5.74) is -0.394. The molecule has 0 aliphatic carbocycles. The number of nitrogens with zero attached hydrogens (tertiary/aromatic N) is 1. The van der Waals surface area contributed by atoms with Gasteiger partial charge in [-0.3, -0.25) is 10.1 Å². The van der Waals surface area contributed by atoms with Gasteiger partial charge in [-0.2, -0.15) is 0 Å². The van der Waals surface area contributed by atoms with Crippen LogP contribution in [0.1, 0.15) is 13.3 Å². The van der Waals surface area contributed by atoms with Crippen molar-refractivity contribution in [1.29, 1.82) is 0 Å². The molecule has 0 saturated heterocycles. The van der Waals surface area contributed by atoms with E-state index in [-0.39, 0.29) is 5.75 Å². The second kappa shape index (κ2) is 7.28. The normalized spacial score (nSPS) is 11.1. The number of nitro benzene ring substituents is 1. The van der Waals surface area contributed by atoms with E-state index in [0.717, 1.165) is 18.6 Å². The van der Waals surface area contributed by atoms with E-state index in [2.05, 4.69) is 0 Å². The molecule has 0 radical (unpaired) electrons. The van der Waals surface area contributed by atoms with Gasteiger partial charge in [0.2, 0.25) is 10.0 Å². The van der Waals surface area contributed by atoms with Crippen molar-refractivity contribution in [3.05, 3.63) is 52.6 Å². The molecule has 2 aromatic carbocycles. The molecular weight excluding hydrogens is 336 g/mol. The third-order valence-corrected chi connectivity index (χ3v) is 3.90. The molecule has 2 aromatic rings. The molecule has 0 bridgehead atoms. The summed E-state index contributed by atoms with van der Waals surface area (Å²) >= 11 is 0. The third kappa shape index (κ3) is 4.43. The molecule has 2 rings (SSSR count). The molecule has 8 nitrogen and oxygen atoms in total. The average Bonchev–Trinajstić information content (AvgIpc) is 2.53. The van der Waals surface area contributed by atoms with E-state index < -0.39 is 25.5 Å². The summed E-state index contributed by atoms with van der Waals surface area (Å²) in [4.78, 5) is 9.62. The molecule has 0 amide bonds. The zero-order valence-electron chi connectivity index (χ0n) is 12.8. The number of hydrogen-bond acceptors (Lipinski definition) is 6. The first-order chi connectivity index (χ1) is 11.3. The quantitative estimate of drug-likeness (QED) is 0.604. The maximum absolute atomic E-state index is 11.6. The summed E-state index contributed by atoms with van der Waals surface area (Å²) in [6.45, 7) is 2.57. The molecule has 0 fully saturated rings. The van der Waals surface area contributed by atoms with E-state index in [0.29, 0.717) is 18.1 Å². The van der Waals surface area contributed by atoms with Crippen molar-refractivity contribution in [2.75, 3.05) is 6.61 Å². The number of benzene rings is 2. The number of non-ortho nitro benzene ring substituents is 1. The van der Waals surface area contributed by atoms with Gasteiger partial charge in [-0.15, -0.1) is 0 Å². The molecule has 9 heteroatoms. The van der Waals surface area contributed by atoms with E-state index in [1.165, 1.54) is 6.07 Å². The molecule has 0 spiro atoms. The van der Waals surface area contributed by atoms with Crippen molar-refractivity contribution in [3.8, 4) is 17.2 Å². The molecule has 0 aliphatic rings. The Balaban J connectivity index is 2.30. The van der Waals surface area contributed by atoms with E-state index in [4.69, 9.17) is 14.6 Å². The summed E-state index contributed by atoms with van der Waals surface area (Å²) in [7, 11) is -4.18. The zero-order chi connectivity index (χ0) is 17.7. The van der Waals surface area contributed by atoms with Crippen molar-refractivity contribution < 1.29 is 22.8 Å². The van der Waals surface area contributed by atoms with Crippen LogP contribution < -0.4 is 14.6 Å².